The fourth-order valence-electron chi connectivity index (χ4n) is 3.12. The number of aromatic nitrogens is 2. The lowest BCUT2D eigenvalue weighted by Crippen LogP contribution is -2.45. The van der Waals surface area contributed by atoms with Gasteiger partial charge < -0.3 is 10.1 Å². The van der Waals surface area contributed by atoms with Crippen LogP contribution in [0.1, 0.15) is 76.2 Å². The van der Waals surface area contributed by atoms with E-state index in [1.807, 2.05) is 25.3 Å². The van der Waals surface area contributed by atoms with Gasteiger partial charge in [-0.25, -0.2) is 14.8 Å². The molecule has 0 spiro atoms. The molecule has 0 saturated carbocycles. The summed E-state index contributed by atoms with van der Waals surface area (Å²) in [6, 6.07) is -0.772. The molecule has 0 aliphatic carbocycles. The van der Waals surface area contributed by atoms with E-state index in [9.17, 15) is 14.4 Å². The molecule has 0 unspecified atom stereocenters. The molecule has 10 heteroatoms. The molecule has 7 nitrogen and oxygen atoms in total. The Hall–Kier alpha value is -2.04. The van der Waals surface area contributed by atoms with Gasteiger partial charge in [0.15, 0.2) is 5.12 Å². The first kappa shape index (κ1) is 29.2. The number of thiazole rings is 2. The zero-order chi connectivity index (χ0) is 25.5. The van der Waals surface area contributed by atoms with Gasteiger partial charge in [-0.15, -0.1) is 22.7 Å². The van der Waals surface area contributed by atoms with E-state index < -0.39 is 17.9 Å². The van der Waals surface area contributed by atoms with Crippen LogP contribution in [0.4, 0.5) is 0 Å². The molecule has 1 amide bonds. The molecule has 0 saturated heterocycles. The molecule has 192 valence electrons. The van der Waals surface area contributed by atoms with Crippen molar-refractivity contribution >= 4 is 51.4 Å². The van der Waals surface area contributed by atoms with Gasteiger partial charge in [-0.2, -0.15) is 0 Å². The molecule has 1 N–H and O–H groups in total. The molecule has 2 rings (SSSR count). The Kier molecular flexibility index (Phi) is 13.8. The molecular formula is C25H35N3O4S3. The van der Waals surface area contributed by atoms with Crippen LogP contribution >= 0.6 is 34.4 Å². The second-order valence-electron chi connectivity index (χ2n) is 8.38. The number of hydrogen-bond acceptors (Lipinski definition) is 9. The van der Waals surface area contributed by atoms with Gasteiger partial charge in [0.1, 0.15) is 29.0 Å². The molecule has 0 aliphatic heterocycles. The minimum Gasteiger partial charge on any atom is -0.460 e. The maximum absolute atomic E-state index is 12.6. The highest BCUT2D eigenvalue weighted by molar-refractivity contribution is 8.13. The van der Waals surface area contributed by atoms with Gasteiger partial charge in [-0.05, 0) is 18.8 Å². The lowest BCUT2D eigenvalue weighted by molar-refractivity contribution is -0.145. The molecule has 0 bridgehead atoms. The maximum Gasteiger partial charge on any atom is 0.329 e. The summed E-state index contributed by atoms with van der Waals surface area (Å²) < 4.78 is 5.34. The Bertz CT molecular complexity index is 942. The van der Waals surface area contributed by atoms with Crippen LogP contribution < -0.4 is 5.32 Å². The van der Waals surface area contributed by atoms with E-state index in [-0.39, 0.29) is 23.3 Å². The number of amides is 1. The van der Waals surface area contributed by atoms with Crippen molar-refractivity contribution in [2.45, 2.75) is 71.8 Å². The van der Waals surface area contributed by atoms with Crippen LogP contribution in [0.25, 0.3) is 10.7 Å². The zero-order valence-electron chi connectivity index (χ0n) is 20.7. The molecule has 2 aromatic heterocycles. The van der Waals surface area contributed by atoms with Crippen LogP contribution in [0.5, 0.6) is 0 Å². The van der Waals surface area contributed by atoms with E-state index in [4.69, 9.17) is 4.74 Å². The van der Waals surface area contributed by atoms with Gasteiger partial charge in [0.05, 0.1) is 5.51 Å². The summed E-state index contributed by atoms with van der Waals surface area (Å²) in [4.78, 5) is 45.6. The topological polar surface area (TPSA) is 98.2 Å². The fraction of sp³-hybridized carbons (Fsp3) is 0.560. The number of thioether (sulfide) groups is 1. The summed E-state index contributed by atoms with van der Waals surface area (Å²) in [6.45, 7) is 6.00. The monoisotopic (exact) mass is 537 g/mol. The van der Waals surface area contributed by atoms with Crippen LogP contribution in [0.3, 0.4) is 0 Å². The Morgan fingerprint density at radius 2 is 1.94 bits per heavy atom. The Labute approximate surface area is 220 Å². The van der Waals surface area contributed by atoms with Crippen molar-refractivity contribution in [3.8, 4) is 10.7 Å². The Morgan fingerprint density at radius 3 is 2.66 bits per heavy atom. The second-order valence-corrected chi connectivity index (χ2v) is 11.1. The number of nitrogens with zero attached hydrogens (tertiary/aromatic N) is 2. The van der Waals surface area contributed by atoms with Crippen molar-refractivity contribution in [3.63, 3.8) is 0 Å². The number of unbranched alkanes of at least 4 members (excludes halogenated alkanes) is 4. The van der Waals surface area contributed by atoms with Crippen LogP contribution in [0, 0.1) is 5.92 Å². The van der Waals surface area contributed by atoms with Crippen LogP contribution in [0.2, 0.25) is 0 Å². The van der Waals surface area contributed by atoms with Crippen molar-refractivity contribution in [3.05, 3.63) is 34.1 Å². The van der Waals surface area contributed by atoms with Gasteiger partial charge in [0.25, 0.3) is 5.91 Å². The molecule has 2 aromatic rings. The molecule has 0 aliphatic rings. The highest BCUT2D eigenvalue weighted by Crippen LogP contribution is 2.23. The number of allylic oxidation sites excluding steroid dienone is 1. The lowest BCUT2D eigenvalue weighted by atomic mass is 10.0. The maximum atomic E-state index is 12.6. The SMILES string of the molecule is CCCCCCCC(=O)SCCC=CCOC(=O)[C@@H](NC(=O)c1csc(-c2cscn2)n1)C(C)C. The van der Waals surface area contributed by atoms with Gasteiger partial charge in [-0.1, -0.05) is 70.4 Å². The Morgan fingerprint density at radius 1 is 1.14 bits per heavy atom. The van der Waals surface area contributed by atoms with Gasteiger partial charge in [-0.3, -0.25) is 9.59 Å². The first-order valence-corrected chi connectivity index (χ1v) is 14.8. The predicted octanol–water partition coefficient (Wildman–Crippen LogP) is 6.13. The van der Waals surface area contributed by atoms with Crippen LogP contribution in [-0.2, 0) is 14.3 Å². The molecule has 0 fully saturated rings. The molecule has 0 aromatic carbocycles. The number of rotatable bonds is 16. The number of carbonyl (C=O) groups is 3. The van der Waals surface area contributed by atoms with Crippen molar-refractivity contribution < 1.29 is 19.1 Å². The summed E-state index contributed by atoms with van der Waals surface area (Å²) in [5, 5.41) is 7.18. The third-order valence-corrected chi connectivity index (χ3v) is 7.53. The summed E-state index contributed by atoms with van der Waals surface area (Å²) in [7, 11) is 0. The first-order chi connectivity index (χ1) is 16.9. The number of carbonyl (C=O) groups excluding carboxylic acids is 3. The average molecular weight is 538 g/mol. The van der Waals surface area contributed by atoms with Gasteiger partial charge in [0.2, 0.25) is 0 Å². The van der Waals surface area contributed by atoms with E-state index in [1.165, 1.54) is 53.7 Å². The minimum atomic E-state index is -0.772. The summed E-state index contributed by atoms with van der Waals surface area (Å²) in [6.07, 6.45) is 10.8. The molecular weight excluding hydrogens is 502 g/mol. The highest BCUT2D eigenvalue weighted by Gasteiger charge is 2.27. The molecule has 0 radical (unpaired) electrons. The quantitative estimate of drug-likeness (QED) is 0.156. The number of esters is 1. The van der Waals surface area contributed by atoms with E-state index >= 15 is 0 Å². The fourth-order valence-corrected chi connectivity index (χ4v) is 5.27. The Balaban J connectivity index is 1.67. The molecule has 35 heavy (non-hydrogen) atoms. The van der Waals surface area contributed by atoms with Crippen LogP contribution in [-0.4, -0.2) is 45.4 Å². The molecule has 2 heterocycles. The van der Waals surface area contributed by atoms with Crippen molar-refractivity contribution in [2.24, 2.45) is 5.92 Å². The summed E-state index contributed by atoms with van der Waals surface area (Å²) >= 11 is 4.16. The summed E-state index contributed by atoms with van der Waals surface area (Å²) in [5.41, 5.74) is 2.70. The van der Waals surface area contributed by atoms with Gasteiger partial charge >= 0.3 is 5.97 Å². The van der Waals surface area contributed by atoms with E-state index in [0.717, 1.165) is 30.7 Å². The standard InChI is InChI=1S/C25H35N3O4S3/c1-4-5-6-7-9-12-21(29)34-14-11-8-10-13-32-25(31)22(18(2)3)28-23(30)19-16-35-24(27-19)20-15-33-17-26-20/h8,10,15-18,22H,4-7,9,11-14H2,1-3H3,(H,28,30)/t22-/m0/s1. The lowest BCUT2D eigenvalue weighted by Gasteiger charge is -2.20. The van der Waals surface area contributed by atoms with Gasteiger partial charge in [0, 0.05) is 22.9 Å². The third kappa shape index (κ3) is 11.0. The number of nitrogens with one attached hydrogen (secondary N) is 1. The summed E-state index contributed by atoms with van der Waals surface area (Å²) in [5.74, 6) is -0.322. The third-order valence-electron chi connectivity index (χ3n) is 5.12. The number of ether oxygens (including phenoxy) is 1. The molecule has 1 atom stereocenters. The van der Waals surface area contributed by atoms with E-state index in [2.05, 4.69) is 22.2 Å². The largest absolute Gasteiger partial charge is 0.460 e. The average Bonchev–Trinajstić information content (AvgIpc) is 3.53. The van der Waals surface area contributed by atoms with Crippen molar-refractivity contribution in [2.75, 3.05) is 12.4 Å². The van der Waals surface area contributed by atoms with E-state index in [1.54, 1.807) is 17.0 Å². The predicted molar refractivity (Wildman–Crippen MR) is 145 cm³/mol. The zero-order valence-corrected chi connectivity index (χ0v) is 23.1. The highest BCUT2D eigenvalue weighted by atomic mass is 32.2. The normalized spacial score (nSPS) is 12.2. The second kappa shape index (κ2) is 16.6. The van der Waals surface area contributed by atoms with Crippen LogP contribution in [0.15, 0.2) is 28.4 Å². The van der Waals surface area contributed by atoms with Crippen molar-refractivity contribution in [1.82, 2.24) is 15.3 Å². The van der Waals surface area contributed by atoms with E-state index in [0.29, 0.717) is 11.4 Å². The van der Waals surface area contributed by atoms with Crippen molar-refractivity contribution in [1.29, 1.82) is 0 Å². The number of hydrogen-bond donors (Lipinski definition) is 1. The first-order valence-electron chi connectivity index (χ1n) is 12.0. The smallest absolute Gasteiger partial charge is 0.329 e. The minimum absolute atomic E-state index is 0.124.